The van der Waals surface area contributed by atoms with Crippen molar-refractivity contribution in [3.63, 3.8) is 0 Å². The average Bonchev–Trinajstić information content (AvgIpc) is 3.40. The highest BCUT2D eigenvalue weighted by atomic mass is 35.5. The van der Waals surface area contributed by atoms with Crippen LogP contribution in [-0.4, -0.2) is 27.0 Å². The molecule has 1 aliphatic carbocycles. The smallest absolute Gasteiger partial charge is 0.166 e. The molecule has 1 spiro atoms. The van der Waals surface area contributed by atoms with Crippen LogP contribution in [0.3, 0.4) is 0 Å². The summed E-state index contributed by atoms with van der Waals surface area (Å²) >= 11 is 12.3. The summed E-state index contributed by atoms with van der Waals surface area (Å²) in [5.74, 6) is 0.0119. The first-order valence-corrected chi connectivity index (χ1v) is 11.3. The highest BCUT2D eigenvalue weighted by Crippen LogP contribution is 2.47. The third-order valence-electron chi connectivity index (χ3n) is 6.43. The van der Waals surface area contributed by atoms with Gasteiger partial charge in [-0.3, -0.25) is 4.68 Å². The quantitative estimate of drug-likeness (QED) is 0.457. The SMILES string of the molecule is CC(Oc1cc(-c2cnn(C3COC4(CCC4)C3)c2)cnc1N)c1c(Cl)ccc(F)c1Cl. The molecule has 2 atom stereocenters. The van der Waals surface area contributed by atoms with E-state index in [2.05, 4.69) is 10.1 Å². The number of hydrogen-bond acceptors (Lipinski definition) is 5. The standard InChI is InChI=1S/C23H23Cl2FN4O2/c1-13(20-17(24)3-4-18(26)21(20)25)32-19-7-14(9-28-22(19)27)15-10-29-30(11-15)16-8-23(31-12-16)5-2-6-23/h3-4,7,9-11,13,16H,2,5-6,8,12H2,1H3,(H2,27,28). The van der Waals surface area contributed by atoms with E-state index in [-0.39, 0.29) is 22.5 Å². The summed E-state index contributed by atoms with van der Waals surface area (Å²) in [6, 6.07) is 4.70. The lowest BCUT2D eigenvalue weighted by Gasteiger charge is -2.37. The molecule has 1 aliphatic heterocycles. The van der Waals surface area contributed by atoms with Crippen molar-refractivity contribution in [3.05, 3.63) is 58.2 Å². The van der Waals surface area contributed by atoms with E-state index in [1.54, 1.807) is 25.4 Å². The topological polar surface area (TPSA) is 75.2 Å². The molecule has 1 saturated carbocycles. The van der Waals surface area contributed by atoms with Crippen LogP contribution in [0, 0.1) is 5.82 Å². The molecule has 9 heteroatoms. The van der Waals surface area contributed by atoms with E-state index in [1.807, 2.05) is 10.9 Å². The van der Waals surface area contributed by atoms with Crippen LogP contribution in [0.4, 0.5) is 10.2 Å². The van der Waals surface area contributed by atoms with Crippen LogP contribution in [0.15, 0.2) is 36.8 Å². The second-order valence-corrected chi connectivity index (χ2v) is 9.32. The van der Waals surface area contributed by atoms with Crippen molar-refractivity contribution in [3.8, 4) is 16.9 Å². The summed E-state index contributed by atoms with van der Waals surface area (Å²) in [6.07, 6.45) is 9.34. The Morgan fingerprint density at radius 3 is 2.81 bits per heavy atom. The second-order valence-electron chi connectivity index (χ2n) is 8.54. The predicted molar refractivity (Wildman–Crippen MR) is 122 cm³/mol. The van der Waals surface area contributed by atoms with Gasteiger partial charge < -0.3 is 15.2 Å². The Bertz CT molecular complexity index is 1160. The first-order valence-electron chi connectivity index (χ1n) is 10.6. The highest BCUT2D eigenvalue weighted by Gasteiger charge is 2.45. The number of anilines is 1. The van der Waals surface area contributed by atoms with Gasteiger partial charge in [0.25, 0.3) is 0 Å². The number of ether oxygens (including phenoxy) is 2. The van der Waals surface area contributed by atoms with Crippen LogP contribution in [0.2, 0.25) is 10.0 Å². The van der Waals surface area contributed by atoms with Crippen LogP contribution < -0.4 is 10.5 Å². The van der Waals surface area contributed by atoms with E-state index in [9.17, 15) is 4.39 Å². The van der Waals surface area contributed by atoms with E-state index >= 15 is 0 Å². The zero-order valence-corrected chi connectivity index (χ0v) is 19.0. The van der Waals surface area contributed by atoms with Gasteiger partial charge in [0.2, 0.25) is 0 Å². The Hall–Kier alpha value is -2.35. The van der Waals surface area contributed by atoms with Crippen LogP contribution in [0.1, 0.15) is 50.3 Å². The van der Waals surface area contributed by atoms with Crippen molar-refractivity contribution < 1.29 is 13.9 Å². The molecular weight excluding hydrogens is 454 g/mol. The molecule has 5 rings (SSSR count). The van der Waals surface area contributed by atoms with Gasteiger partial charge in [-0.05, 0) is 44.4 Å². The zero-order valence-electron chi connectivity index (χ0n) is 17.5. The third-order valence-corrected chi connectivity index (χ3v) is 7.15. The van der Waals surface area contributed by atoms with Gasteiger partial charge in [-0.1, -0.05) is 23.2 Å². The van der Waals surface area contributed by atoms with Gasteiger partial charge in [-0.25, -0.2) is 9.37 Å². The summed E-state index contributed by atoms with van der Waals surface area (Å²) in [4.78, 5) is 4.27. The van der Waals surface area contributed by atoms with Crippen molar-refractivity contribution in [2.45, 2.75) is 50.4 Å². The number of aromatic nitrogens is 3. The lowest BCUT2D eigenvalue weighted by Crippen LogP contribution is -2.36. The molecule has 0 radical (unpaired) electrons. The molecule has 0 bridgehead atoms. The maximum absolute atomic E-state index is 13.9. The fourth-order valence-corrected chi connectivity index (χ4v) is 5.15. The molecule has 2 N–H and O–H groups in total. The van der Waals surface area contributed by atoms with Crippen LogP contribution in [0.5, 0.6) is 5.75 Å². The molecule has 6 nitrogen and oxygen atoms in total. The minimum Gasteiger partial charge on any atom is -0.482 e. The van der Waals surface area contributed by atoms with Crippen LogP contribution in [-0.2, 0) is 4.74 Å². The molecule has 32 heavy (non-hydrogen) atoms. The van der Waals surface area contributed by atoms with Crippen molar-refractivity contribution in [1.82, 2.24) is 14.8 Å². The molecule has 0 amide bonds. The van der Waals surface area contributed by atoms with Gasteiger partial charge in [0.1, 0.15) is 11.9 Å². The number of nitrogens with zero attached hydrogens (tertiary/aromatic N) is 3. The minimum absolute atomic E-state index is 0.0656. The van der Waals surface area contributed by atoms with Gasteiger partial charge in [-0.2, -0.15) is 5.10 Å². The minimum atomic E-state index is -0.637. The Kier molecular flexibility index (Phi) is 5.51. The second kappa shape index (κ2) is 8.21. The zero-order chi connectivity index (χ0) is 22.5. The first kappa shape index (κ1) is 21.5. The summed E-state index contributed by atoms with van der Waals surface area (Å²) < 4.78 is 27.9. The van der Waals surface area contributed by atoms with E-state index < -0.39 is 11.9 Å². The number of halogens is 3. The van der Waals surface area contributed by atoms with Gasteiger partial charge in [0.15, 0.2) is 11.6 Å². The first-order chi connectivity index (χ1) is 15.3. The van der Waals surface area contributed by atoms with Crippen LogP contribution in [0.25, 0.3) is 11.1 Å². The van der Waals surface area contributed by atoms with Crippen molar-refractivity contribution in [2.75, 3.05) is 12.3 Å². The Labute approximate surface area is 195 Å². The number of hydrogen-bond donors (Lipinski definition) is 1. The Balaban J connectivity index is 1.37. The number of nitrogens with two attached hydrogens (primary N) is 1. The molecule has 1 aromatic carbocycles. The predicted octanol–water partition coefficient (Wildman–Crippen LogP) is 6.00. The Morgan fingerprint density at radius 2 is 2.09 bits per heavy atom. The average molecular weight is 477 g/mol. The van der Waals surface area contributed by atoms with Gasteiger partial charge in [0.05, 0.1) is 29.5 Å². The Morgan fingerprint density at radius 1 is 1.28 bits per heavy atom. The van der Waals surface area contributed by atoms with Gasteiger partial charge in [0, 0.05) is 40.5 Å². The maximum atomic E-state index is 13.9. The largest absolute Gasteiger partial charge is 0.482 e. The highest BCUT2D eigenvalue weighted by molar-refractivity contribution is 6.36. The number of rotatable bonds is 5. The normalized spacial score (nSPS) is 20.3. The van der Waals surface area contributed by atoms with E-state index in [4.69, 9.17) is 38.4 Å². The molecule has 1 saturated heterocycles. The molecular formula is C23H23Cl2FN4O2. The molecule has 3 aromatic rings. The summed E-state index contributed by atoms with van der Waals surface area (Å²) in [5.41, 5.74) is 8.17. The fraction of sp³-hybridized carbons (Fsp3) is 0.391. The molecule has 2 unspecified atom stereocenters. The van der Waals surface area contributed by atoms with Gasteiger partial charge in [-0.15, -0.1) is 0 Å². The lowest BCUT2D eigenvalue weighted by atomic mass is 9.77. The van der Waals surface area contributed by atoms with Crippen LogP contribution >= 0.6 is 23.2 Å². The van der Waals surface area contributed by atoms with Crippen molar-refractivity contribution in [2.24, 2.45) is 0 Å². The number of nitrogen functional groups attached to an aromatic ring is 1. The number of pyridine rings is 1. The van der Waals surface area contributed by atoms with Crippen molar-refractivity contribution in [1.29, 1.82) is 0 Å². The molecule has 2 aliphatic rings. The van der Waals surface area contributed by atoms with E-state index in [0.717, 1.165) is 30.4 Å². The summed E-state index contributed by atoms with van der Waals surface area (Å²) in [6.45, 7) is 2.41. The molecule has 2 fully saturated rings. The molecule has 3 heterocycles. The summed E-state index contributed by atoms with van der Waals surface area (Å²) in [7, 11) is 0. The van der Waals surface area contributed by atoms with Gasteiger partial charge >= 0.3 is 0 Å². The lowest BCUT2D eigenvalue weighted by molar-refractivity contribution is -0.0564. The number of benzene rings is 1. The maximum Gasteiger partial charge on any atom is 0.166 e. The van der Waals surface area contributed by atoms with E-state index in [0.29, 0.717) is 22.9 Å². The van der Waals surface area contributed by atoms with Crippen molar-refractivity contribution >= 4 is 29.0 Å². The fourth-order valence-electron chi connectivity index (χ4n) is 4.47. The monoisotopic (exact) mass is 476 g/mol. The van der Waals surface area contributed by atoms with E-state index in [1.165, 1.54) is 18.6 Å². The molecule has 168 valence electrons. The third kappa shape index (κ3) is 3.83. The molecule has 2 aromatic heterocycles. The summed E-state index contributed by atoms with van der Waals surface area (Å²) in [5, 5.41) is 4.80.